The van der Waals surface area contributed by atoms with Gasteiger partial charge < -0.3 is 4.74 Å². The molecule has 1 aliphatic rings. The number of hydrogen-bond donors (Lipinski definition) is 0. The SMILES string of the molecule is CCSC1=NC(=Cc2ccccc2C)C(=O)N1c1ccc(OC)c(Cl)c1. The molecule has 3 rings (SSSR count). The third-order valence-electron chi connectivity index (χ3n) is 3.98. The maximum absolute atomic E-state index is 13.0. The fourth-order valence-corrected chi connectivity index (χ4v) is 3.63. The highest BCUT2D eigenvalue weighted by molar-refractivity contribution is 8.14. The Labute approximate surface area is 162 Å². The first kappa shape index (κ1) is 18.5. The number of aryl methyl sites for hydroxylation is 1. The van der Waals surface area contributed by atoms with Crippen molar-refractivity contribution in [3.05, 3.63) is 64.3 Å². The molecule has 134 valence electrons. The third kappa shape index (κ3) is 3.64. The lowest BCUT2D eigenvalue weighted by Crippen LogP contribution is -2.30. The lowest BCUT2D eigenvalue weighted by molar-refractivity contribution is -0.113. The van der Waals surface area contributed by atoms with Gasteiger partial charge in [-0.05, 0) is 48.1 Å². The van der Waals surface area contributed by atoms with Gasteiger partial charge >= 0.3 is 0 Å². The first-order chi connectivity index (χ1) is 12.5. The number of nitrogens with zero attached hydrogens (tertiary/aromatic N) is 2. The fourth-order valence-electron chi connectivity index (χ4n) is 2.64. The molecule has 2 aromatic carbocycles. The molecule has 1 amide bonds. The number of ether oxygens (including phenoxy) is 1. The van der Waals surface area contributed by atoms with Crippen molar-refractivity contribution in [3.63, 3.8) is 0 Å². The van der Waals surface area contributed by atoms with Crippen molar-refractivity contribution in [2.75, 3.05) is 17.8 Å². The van der Waals surface area contributed by atoms with Crippen LogP contribution in [0.15, 0.2) is 53.2 Å². The molecule has 1 aliphatic heterocycles. The molecule has 4 nitrogen and oxygen atoms in total. The zero-order chi connectivity index (χ0) is 18.7. The Hall–Kier alpha value is -2.24. The Morgan fingerprint density at radius 2 is 2.04 bits per heavy atom. The van der Waals surface area contributed by atoms with Crippen LogP contribution in [0.1, 0.15) is 18.1 Å². The van der Waals surface area contributed by atoms with Crippen LogP contribution in [-0.2, 0) is 4.79 Å². The summed E-state index contributed by atoms with van der Waals surface area (Å²) in [5.41, 5.74) is 3.17. The Kier molecular flexibility index (Phi) is 5.69. The topological polar surface area (TPSA) is 41.9 Å². The van der Waals surface area contributed by atoms with Crippen molar-refractivity contribution in [2.45, 2.75) is 13.8 Å². The maximum Gasteiger partial charge on any atom is 0.283 e. The quantitative estimate of drug-likeness (QED) is 0.682. The normalized spacial score (nSPS) is 15.5. The molecule has 0 bridgehead atoms. The molecule has 0 atom stereocenters. The molecule has 2 aromatic rings. The summed E-state index contributed by atoms with van der Waals surface area (Å²) in [5, 5.41) is 1.11. The van der Waals surface area contributed by atoms with Gasteiger partial charge in [0.2, 0.25) is 0 Å². The fraction of sp³-hybridized carbons (Fsp3) is 0.200. The monoisotopic (exact) mass is 386 g/mol. The van der Waals surface area contributed by atoms with Crippen molar-refractivity contribution >= 4 is 46.2 Å². The third-order valence-corrected chi connectivity index (χ3v) is 5.09. The first-order valence-electron chi connectivity index (χ1n) is 8.22. The number of carbonyl (C=O) groups is 1. The number of halogens is 1. The van der Waals surface area contributed by atoms with Gasteiger partial charge in [-0.1, -0.05) is 54.6 Å². The van der Waals surface area contributed by atoms with Crippen LogP contribution < -0.4 is 9.64 Å². The average molecular weight is 387 g/mol. The predicted octanol–water partition coefficient (Wildman–Crippen LogP) is 5.15. The number of amides is 1. The molecule has 0 saturated carbocycles. The molecule has 0 unspecified atom stereocenters. The second kappa shape index (κ2) is 7.98. The number of thioether (sulfide) groups is 1. The van der Waals surface area contributed by atoms with E-state index in [0.29, 0.717) is 27.3 Å². The van der Waals surface area contributed by atoms with E-state index in [9.17, 15) is 4.79 Å². The minimum absolute atomic E-state index is 0.162. The number of amidine groups is 1. The van der Waals surface area contributed by atoms with Crippen LogP contribution in [0.3, 0.4) is 0 Å². The Balaban J connectivity index is 2.01. The van der Waals surface area contributed by atoms with Gasteiger partial charge in [-0.3, -0.25) is 9.69 Å². The number of methoxy groups -OCH3 is 1. The van der Waals surface area contributed by atoms with Gasteiger partial charge in [0.05, 0.1) is 17.8 Å². The van der Waals surface area contributed by atoms with Crippen LogP contribution in [0, 0.1) is 6.92 Å². The molecule has 0 spiro atoms. The van der Waals surface area contributed by atoms with E-state index in [1.54, 1.807) is 24.1 Å². The zero-order valence-electron chi connectivity index (χ0n) is 14.8. The van der Waals surface area contributed by atoms with Crippen LogP contribution in [0.25, 0.3) is 6.08 Å². The molecule has 0 radical (unpaired) electrons. The second-order valence-corrected chi connectivity index (χ2v) is 7.31. The standard InChI is InChI=1S/C20H19ClN2O2S/c1-4-26-20-22-17(11-14-8-6-5-7-13(14)2)19(24)23(20)15-9-10-18(25-3)16(21)12-15/h5-12H,4H2,1-3H3. The van der Waals surface area contributed by atoms with Crippen LogP contribution in [0.5, 0.6) is 5.75 Å². The Morgan fingerprint density at radius 1 is 1.27 bits per heavy atom. The van der Waals surface area contributed by atoms with E-state index in [4.69, 9.17) is 16.3 Å². The van der Waals surface area contributed by atoms with Gasteiger partial charge in [-0.15, -0.1) is 0 Å². The van der Waals surface area contributed by atoms with Gasteiger partial charge in [0, 0.05) is 0 Å². The number of benzene rings is 2. The van der Waals surface area contributed by atoms with E-state index >= 15 is 0 Å². The second-order valence-electron chi connectivity index (χ2n) is 5.67. The van der Waals surface area contributed by atoms with Gasteiger partial charge in [0.1, 0.15) is 11.4 Å². The van der Waals surface area contributed by atoms with Crippen LogP contribution in [-0.4, -0.2) is 23.9 Å². The van der Waals surface area contributed by atoms with E-state index in [-0.39, 0.29) is 5.91 Å². The van der Waals surface area contributed by atoms with Gasteiger partial charge in [-0.2, -0.15) is 0 Å². The van der Waals surface area contributed by atoms with Gasteiger partial charge in [0.15, 0.2) is 5.17 Å². The molecule has 0 saturated heterocycles. The summed E-state index contributed by atoms with van der Waals surface area (Å²) in [6, 6.07) is 13.2. The molecule has 0 aromatic heterocycles. The van der Waals surface area contributed by atoms with Crippen LogP contribution >= 0.6 is 23.4 Å². The first-order valence-corrected chi connectivity index (χ1v) is 9.58. The summed E-state index contributed by atoms with van der Waals surface area (Å²) < 4.78 is 5.19. The van der Waals surface area contributed by atoms with Crippen molar-refractivity contribution in [1.29, 1.82) is 0 Å². The molecule has 0 fully saturated rings. The number of rotatable bonds is 4. The van der Waals surface area contributed by atoms with Crippen molar-refractivity contribution in [1.82, 2.24) is 0 Å². The largest absolute Gasteiger partial charge is 0.495 e. The lowest BCUT2D eigenvalue weighted by atomic mass is 10.1. The Morgan fingerprint density at radius 3 is 2.69 bits per heavy atom. The highest BCUT2D eigenvalue weighted by Crippen LogP contribution is 2.34. The molecule has 1 heterocycles. The van der Waals surface area contributed by atoms with Crippen molar-refractivity contribution in [3.8, 4) is 5.75 Å². The smallest absolute Gasteiger partial charge is 0.283 e. The van der Waals surface area contributed by atoms with Crippen molar-refractivity contribution < 1.29 is 9.53 Å². The highest BCUT2D eigenvalue weighted by Gasteiger charge is 2.32. The molecular formula is C20H19ClN2O2S. The molecular weight excluding hydrogens is 368 g/mol. The van der Waals surface area contributed by atoms with Crippen molar-refractivity contribution in [2.24, 2.45) is 4.99 Å². The van der Waals surface area contributed by atoms with Gasteiger partial charge in [0.25, 0.3) is 5.91 Å². The lowest BCUT2D eigenvalue weighted by Gasteiger charge is -2.18. The summed E-state index contributed by atoms with van der Waals surface area (Å²) in [6.45, 7) is 4.04. The summed E-state index contributed by atoms with van der Waals surface area (Å²) in [5.74, 6) is 1.22. The molecule has 0 aliphatic carbocycles. The maximum atomic E-state index is 13.0. The average Bonchev–Trinajstić information content (AvgIpc) is 2.92. The molecule has 26 heavy (non-hydrogen) atoms. The highest BCUT2D eigenvalue weighted by atomic mass is 35.5. The number of anilines is 1. The predicted molar refractivity (Wildman–Crippen MR) is 110 cm³/mol. The van der Waals surface area contributed by atoms with Crippen LogP contribution in [0.4, 0.5) is 5.69 Å². The summed E-state index contributed by atoms with van der Waals surface area (Å²) >= 11 is 7.76. The van der Waals surface area contributed by atoms with Gasteiger partial charge in [-0.25, -0.2) is 4.99 Å². The summed E-state index contributed by atoms with van der Waals surface area (Å²) in [7, 11) is 1.56. The van der Waals surface area contributed by atoms with E-state index in [0.717, 1.165) is 16.9 Å². The Bertz CT molecular complexity index is 908. The van der Waals surface area contributed by atoms with E-state index < -0.39 is 0 Å². The zero-order valence-corrected chi connectivity index (χ0v) is 16.4. The minimum atomic E-state index is -0.162. The van der Waals surface area contributed by atoms with E-state index in [1.807, 2.05) is 50.3 Å². The summed E-state index contributed by atoms with van der Waals surface area (Å²) in [4.78, 5) is 19.2. The van der Waals surface area contributed by atoms with E-state index in [2.05, 4.69) is 4.99 Å². The number of carbonyl (C=O) groups excluding carboxylic acids is 1. The van der Waals surface area contributed by atoms with Crippen LogP contribution in [0.2, 0.25) is 5.02 Å². The van der Waals surface area contributed by atoms with E-state index in [1.165, 1.54) is 11.8 Å². The minimum Gasteiger partial charge on any atom is -0.495 e. The molecule has 0 N–H and O–H groups in total. The molecule has 6 heteroatoms. The number of aliphatic imine (C=N–C) groups is 1. The number of hydrogen-bond acceptors (Lipinski definition) is 4. The summed E-state index contributed by atoms with van der Waals surface area (Å²) in [6.07, 6.45) is 1.83.